The number of hydrogen-bond acceptors (Lipinski definition) is 5. The van der Waals surface area contributed by atoms with Crippen LogP contribution in [-0.2, 0) is 10.0 Å². The number of hydrogen-bond donors (Lipinski definition) is 2. The molecule has 2 bridgehead atoms. The second kappa shape index (κ2) is 6.53. The smallest absolute Gasteiger partial charge is 0.252 e. The first-order valence-electron chi connectivity index (χ1n) is 10.4. The van der Waals surface area contributed by atoms with E-state index in [2.05, 4.69) is 11.4 Å². The predicted octanol–water partition coefficient (Wildman–Crippen LogP) is 1.64. The molecule has 1 aromatic rings. The van der Waals surface area contributed by atoms with Gasteiger partial charge in [-0.3, -0.25) is 4.79 Å². The Balaban J connectivity index is 1.41. The lowest BCUT2D eigenvalue weighted by molar-refractivity contribution is 0.0731. The fourth-order valence-corrected chi connectivity index (χ4v) is 7.89. The van der Waals surface area contributed by atoms with E-state index in [1.807, 2.05) is 0 Å². The van der Waals surface area contributed by atoms with E-state index in [1.165, 1.54) is 16.4 Å². The maximum atomic E-state index is 13.4. The first kappa shape index (κ1) is 19.0. The summed E-state index contributed by atoms with van der Waals surface area (Å²) in [4.78, 5) is 12.8. The quantitative estimate of drug-likeness (QED) is 0.777. The zero-order valence-corrected chi connectivity index (χ0v) is 16.9. The highest BCUT2D eigenvalue weighted by atomic mass is 32.2. The Morgan fingerprint density at radius 1 is 1.24 bits per heavy atom. The molecule has 0 spiro atoms. The van der Waals surface area contributed by atoms with Gasteiger partial charge in [0.1, 0.15) is 5.54 Å². The number of nitrogens with zero attached hydrogens (tertiary/aromatic N) is 2. The van der Waals surface area contributed by atoms with Crippen LogP contribution in [0, 0.1) is 29.1 Å². The predicted molar refractivity (Wildman–Crippen MR) is 104 cm³/mol. The number of carbonyl (C=O) groups is 1. The van der Waals surface area contributed by atoms with E-state index >= 15 is 0 Å². The van der Waals surface area contributed by atoms with Gasteiger partial charge in [-0.2, -0.15) is 9.57 Å². The molecule has 5 rings (SSSR count). The molecule has 154 valence electrons. The van der Waals surface area contributed by atoms with Gasteiger partial charge in [0.15, 0.2) is 0 Å². The number of amides is 1. The molecular weight excluding hydrogens is 390 g/mol. The van der Waals surface area contributed by atoms with Crippen LogP contribution >= 0.6 is 0 Å². The largest absolute Gasteiger partial charge is 0.391 e. The zero-order valence-electron chi connectivity index (χ0n) is 16.1. The topological polar surface area (TPSA) is 110 Å². The molecule has 3 saturated carbocycles. The lowest BCUT2D eigenvalue weighted by Crippen LogP contribution is -2.45. The van der Waals surface area contributed by atoms with Crippen LogP contribution in [0.2, 0.25) is 0 Å². The third-order valence-corrected chi connectivity index (χ3v) is 9.39. The molecule has 1 amide bonds. The summed E-state index contributed by atoms with van der Waals surface area (Å²) >= 11 is 0. The van der Waals surface area contributed by atoms with Gasteiger partial charge in [-0.1, -0.05) is 6.07 Å². The van der Waals surface area contributed by atoms with Crippen LogP contribution in [0.3, 0.4) is 0 Å². The van der Waals surface area contributed by atoms with E-state index in [4.69, 9.17) is 0 Å². The number of nitrogens with one attached hydrogen (secondary N) is 1. The molecule has 8 heteroatoms. The van der Waals surface area contributed by atoms with Gasteiger partial charge in [-0.15, -0.1) is 0 Å². The Morgan fingerprint density at radius 3 is 2.69 bits per heavy atom. The Bertz CT molecular complexity index is 993. The van der Waals surface area contributed by atoms with Crippen LogP contribution in [0.1, 0.15) is 48.9 Å². The normalized spacial score (nSPS) is 35.0. The minimum Gasteiger partial charge on any atom is -0.391 e. The molecular formula is C21H25N3O4S. The van der Waals surface area contributed by atoms with Gasteiger partial charge in [0.05, 0.1) is 23.1 Å². The standard InChI is InChI=1S/C21H25N3O4S/c22-12-21(6-1-2-7-21)23-20(26)13-4-3-5-16(9-13)29(27,28)24-11-15-8-14-10-17(15)18(24)19(14)25/h3-5,9,14-15,17-19,25H,1-2,6-8,10-11H2,(H,23,26). The molecule has 29 heavy (non-hydrogen) atoms. The van der Waals surface area contributed by atoms with Crippen molar-refractivity contribution in [2.75, 3.05) is 6.54 Å². The summed E-state index contributed by atoms with van der Waals surface area (Å²) in [7, 11) is -3.81. The summed E-state index contributed by atoms with van der Waals surface area (Å²) < 4.78 is 28.2. The number of aliphatic hydroxyl groups excluding tert-OH is 1. The Morgan fingerprint density at radius 2 is 2.00 bits per heavy atom. The number of aliphatic hydroxyl groups is 1. The first-order chi connectivity index (χ1) is 13.8. The average molecular weight is 416 g/mol. The van der Waals surface area contributed by atoms with E-state index in [-0.39, 0.29) is 28.3 Å². The summed E-state index contributed by atoms with van der Waals surface area (Å²) in [6.45, 7) is 0.444. The molecule has 5 unspecified atom stereocenters. The van der Waals surface area contributed by atoms with Crippen LogP contribution < -0.4 is 5.32 Å². The van der Waals surface area contributed by atoms with Crippen molar-refractivity contribution >= 4 is 15.9 Å². The van der Waals surface area contributed by atoms with Gasteiger partial charge < -0.3 is 10.4 Å². The van der Waals surface area contributed by atoms with E-state index < -0.39 is 27.6 Å². The van der Waals surface area contributed by atoms with Crippen molar-refractivity contribution in [1.29, 1.82) is 5.26 Å². The number of benzene rings is 1. The molecule has 0 radical (unpaired) electrons. The third kappa shape index (κ3) is 2.82. The maximum Gasteiger partial charge on any atom is 0.252 e. The SMILES string of the molecule is N#CC1(NC(=O)c2cccc(S(=O)(=O)N3CC4CC5CC4C3C5O)c2)CCCC1. The fourth-order valence-electron chi connectivity index (χ4n) is 6.10. The van der Waals surface area contributed by atoms with Gasteiger partial charge in [-0.05, 0) is 74.5 Å². The van der Waals surface area contributed by atoms with Crippen molar-refractivity contribution in [1.82, 2.24) is 9.62 Å². The molecule has 1 saturated heterocycles. The molecule has 4 aliphatic rings. The molecule has 1 aromatic carbocycles. The van der Waals surface area contributed by atoms with Crippen LogP contribution in [0.25, 0.3) is 0 Å². The minimum absolute atomic E-state index is 0.0690. The average Bonchev–Trinajstić information content (AvgIpc) is 3.45. The Kier molecular flexibility index (Phi) is 4.28. The zero-order chi connectivity index (χ0) is 20.4. The van der Waals surface area contributed by atoms with E-state index in [0.29, 0.717) is 25.3 Å². The van der Waals surface area contributed by atoms with Crippen molar-refractivity contribution in [3.05, 3.63) is 29.8 Å². The van der Waals surface area contributed by atoms with Crippen molar-refractivity contribution in [2.45, 2.75) is 61.1 Å². The highest BCUT2D eigenvalue weighted by Gasteiger charge is 2.61. The number of carbonyl (C=O) groups excluding carboxylic acids is 1. The molecule has 3 aliphatic carbocycles. The van der Waals surface area contributed by atoms with Gasteiger partial charge in [-0.25, -0.2) is 8.42 Å². The second-order valence-electron chi connectivity index (χ2n) is 9.09. The summed E-state index contributed by atoms with van der Waals surface area (Å²) in [5.74, 6) is 0.357. The van der Waals surface area contributed by atoms with Crippen molar-refractivity contribution in [3.8, 4) is 6.07 Å². The highest BCUT2D eigenvalue weighted by molar-refractivity contribution is 7.89. The summed E-state index contributed by atoms with van der Waals surface area (Å²) in [6, 6.07) is 7.90. The van der Waals surface area contributed by atoms with Crippen LogP contribution in [0.5, 0.6) is 0 Å². The minimum atomic E-state index is -3.81. The lowest BCUT2D eigenvalue weighted by atomic mass is 9.88. The fraction of sp³-hybridized carbons (Fsp3) is 0.619. The van der Waals surface area contributed by atoms with Crippen LogP contribution in [-0.4, -0.2) is 48.0 Å². The monoisotopic (exact) mass is 415 g/mol. The van der Waals surface area contributed by atoms with Crippen molar-refractivity contribution in [2.24, 2.45) is 17.8 Å². The maximum absolute atomic E-state index is 13.4. The van der Waals surface area contributed by atoms with E-state index in [0.717, 1.165) is 25.7 Å². The summed E-state index contributed by atoms with van der Waals surface area (Å²) in [5, 5.41) is 22.8. The number of rotatable bonds is 4. The molecule has 4 fully saturated rings. The number of sulfonamides is 1. The van der Waals surface area contributed by atoms with Crippen LogP contribution in [0.4, 0.5) is 0 Å². The van der Waals surface area contributed by atoms with Crippen molar-refractivity contribution < 1.29 is 18.3 Å². The summed E-state index contributed by atoms with van der Waals surface area (Å²) in [6.07, 6.45) is 4.22. The Labute approximate surface area is 170 Å². The van der Waals surface area contributed by atoms with Crippen LogP contribution in [0.15, 0.2) is 29.2 Å². The third-order valence-electron chi connectivity index (χ3n) is 7.53. The Hall–Kier alpha value is -1.95. The first-order valence-corrected chi connectivity index (χ1v) is 11.8. The van der Waals surface area contributed by atoms with Gasteiger partial charge >= 0.3 is 0 Å². The molecule has 0 aromatic heterocycles. The van der Waals surface area contributed by atoms with Gasteiger partial charge in [0.2, 0.25) is 10.0 Å². The molecule has 2 N–H and O–H groups in total. The second-order valence-corrected chi connectivity index (χ2v) is 11.0. The lowest BCUT2D eigenvalue weighted by Gasteiger charge is -2.28. The highest BCUT2D eigenvalue weighted by Crippen LogP contribution is 2.56. The molecule has 5 atom stereocenters. The van der Waals surface area contributed by atoms with Gasteiger partial charge in [0.25, 0.3) is 5.91 Å². The van der Waals surface area contributed by atoms with Crippen molar-refractivity contribution in [3.63, 3.8) is 0 Å². The molecule has 1 heterocycles. The molecule has 7 nitrogen and oxygen atoms in total. The van der Waals surface area contributed by atoms with E-state index in [9.17, 15) is 23.6 Å². The van der Waals surface area contributed by atoms with E-state index in [1.54, 1.807) is 12.1 Å². The summed E-state index contributed by atoms with van der Waals surface area (Å²) in [5.41, 5.74) is -0.622. The number of nitriles is 1. The van der Waals surface area contributed by atoms with Gasteiger partial charge in [0, 0.05) is 12.1 Å². The number of fused-ring (bicyclic) bond motifs is 1. The molecule has 1 aliphatic heterocycles.